The van der Waals surface area contributed by atoms with E-state index in [9.17, 15) is 8.42 Å². The minimum atomic E-state index is -3.75. The van der Waals surface area contributed by atoms with E-state index in [4.69, 9.17) is 16.7 Å². The van der Waals surface area contributed by atoms with Crippen LogP contribution in [0.4, 0.5) is 0 Å². The maximum absolute atomic E-state index is 10.6. The molecule has 1 aromatic rings. The Labute approximate surface area is 81.9 Å². The zero-order valence-electron chi connectivity index (χ0n) is 6.64. The average molecular weight is 221 g/mol. The first-order valence-electron chi connectivity index (χ1n) is 3.48. The minimum Gasteiger partial charge on any atom is -0.216 e. The predicted octanol–water partition coefficient (Wildman–Crippen LogP) is 0.717. The van der Waals surface area contributed by atoms with Gasteiger partial charge in [0.25, 0.3) is 10.2 Å². The maximum atomic E-state index is 10.6. The fourth-order valence-electron chi connectivity index (χ4n) is 0.834. The molecule has 0 aliphatic carbocycles. The Morgan fingerprint density at radius 2 is 1.85 bits per heavy atom. The van der Waals surface area contributed by atoms with Crippen LogP contribution in [-0.4, -0.2) is 8.42 Å². The molecule has 0 saturated heterocycles. The Hall–Kier alpha value is -0.620. The number of nitrogens with one attached hydrogen (secondary N) is 1. The molecule has 1 rings (SSSR count). The van der Waals surface area contributed by atoms with Gasteiger partial charge in [-0.2, -0.15) is 13.1 Å². The molecular formula is C7H9ClN2O2S. The highest BCUT2D eigenvalue weighted by Crippen LogP contribution is 2.16. The Bertz CT molecular complexity index is 365. The summed E-state index contributed by atoms with van der Waals surface area (Å²) in [5.41, 5.74) is -0.172. The highest BCUT2D eigenvalue weighted by Gasteiger charge is 2.11. The van der Waals surface area contributed by atoms with Gasteiger partial charge in [0, 0.05) is 0 Å². The van der Waals surface area contributed by atoms with Crippen LogP contribution in [0.5, 0.6) is 0 Å². The second-order valence-electron chi connectivity index (χ2n) is 2.44. The molecule has 0 aromatic heterocycles. The second kappa shape index (κ2) is 4.06. The predicted molar refractivity (Wildman–Crippen MR) is 51.3 cm³/mol. The van der Waals surface area contributed by atoms with Crippen molar-refractivity contribution >= 4 is 21.8 Å². The van der Waals surface area contributed by atoms with E-state index < -0.39 is 15.7 Å². The van der Waals surface area contributed by atoms with Crippen LogP contribution in [0.15, 0.2) is 30.3 Å². The number of benzene rings is 1. The summed E-state index contributed by atoms with van der Waals surface area (Å²) in [6, 6.07) is 8.74. The second-order valence-corrected chi connectivity index (χ2v) is 4.20. The van der Waals surface area contributed by atoms with Crippen LogP contribution in [0.2, 0.25) is 0 Å². The Morgan fingerprint density at radius 3 is 2.31 bits per heavy atom. The van der Waals surface area contributed by atoms with Gasteiger partial charge in [0.2, 0.25) is 0 Å². The summed E-state index contributed by atoms with van der Waals surface area (Å²) >= 11 is 5.72. The van der Waals surface area contributed by atoms with Gasteiger partial charge < -0.3 is 0 Å². The first-order chi connectivity index (χ1) is 5.99. The third-order valence-electron chi connectivity index (χ3n) is 1.36. The molecule has 1 aromatic carbocycles. The highest BCUT2D eigenvalue weighted by molar-refractivity contribution is 7.87. The SMILES string of the molecule is NS(=O)(=O)NC(Cl)c1ccccc1. The van der Waals surface area contributed by atoms with E-state index in [1.54, 1.807) is 24.3 Å². The molecule has 72 valence electrons. The lowest BCUT2D eigenvalue weighted by Crippen LogP contribution is -2.31. The van der Waals surface area contributed by atoms with Gasteiger partial charge in [0.05, 0.1) is 0 Å². The molecular weight excluding hydrogens is 212 g/mol. The molecule has 3 N–H and O–H groups in total. The van der Waals surface area contributed by atoms with Crippen molar-refractivity contribution in [3.8, 4) is 0 Å². The van der Waals surface area contributed by atoms with Gasteiger partial charge in [-0.3, -0.25) is 0 Å². The Kier molecular flexibility index (Phi) is 3.27. The van der Waals surface area contributed by atoms with E-state index in [0.717, 1.165) is 0 Å². The van der Waals surface area contributed by atoms with Gasteiger partial charge in [-0.05, 0) is 5.56 Å². The van der Waals surface area contributed by atoms with Crippen molar-refractivity contribution in [1.82, 2.24) is 4.72 Å². The van der Waals surface area contributed by atoms with Crippen molar-refractivity contribution in [2.75, 3.05) is 0 Å². The van der Waals surface area contributed by atoms with Crippen LogP contribution < -0.4 is 9.86 Å². The van der Waals surface area contributed by atoms with Gasteiger partial charge in [-0.1, -0.05) is 41.9 Å². The van der Waals surface area contributed by atoms with E-state index >= 15 is 0 Å². The van der Waals surface area contributed by atoms with Crippen molar-refractivity contribution in [1.29, 1.82) is 0 Å². The molecule has 1 unspecified atom stereocenters. The zero-order chi connectivity index (χ0) is 9.90. The average Bonchev–Trinajstić information content (AvgIpc) is 2.03. The van der Waals surface area contributed by atoms with E-state index in [2.05, 4.69) is 4.72 Å². The van der Waals surface area contributed by atoms with Crippen molar-refractivity contribution in [2.45, 2.75) is 5.50 Å². The first kappa shape index (κ1) is 10.5. The zero-order valence-corrected chi connectivity index (χ0v) is 8.22. The molecule has 0 aliphatic rings. The molecule has 13 heavy (non-hydrogen) atoms. The maximum Gasteiger partial charge on any atom is 0.275 e. The number of hydrogen-bond acceptors (Lipinski definition) is 2. The molecule has 0 fully saturated rings. The largest absolute Gasteiger partial charge is 0.275 e. The van der Waals surface area contributed by atoms with Crippen molar-refractivity contribution in [3.63, 3.8) is 0 Å². The number of nitrogens with two attached hydrogens (primary N) is 1. The van der Waals surface area contributed by atoms with Crippen LogP contribution in [0.1, 0.15) is 11.1 Å². The normalized spacial score (nSPS) is 14.0. The van der Waals surface area contributed by atoms with Gasteiger partial charge in [-0.25, -0.2) is 5.14 Å². The summed E-state index contributed by atoms with van der Waals surface area (Å²) in [5, 5.41) is 4.75. The molecule has 0 amide bonds. The van der Waals surface area contributed by atoms with E-state index in [0.29, 0.717) is 5.56 Å². The lowest BCUT2D eigenvalue weighted by molar-refractivity contribution is 0.581. The summed E-state index contributed by atoms with van der Waals surface area (Å²) in [6.07, 6.45) is 0. The van der Waals surface area contributed by atoms with Crippen LogP contribution >= 0.6 is 11.6 Å². The van der Waals surface area contributed by atoms with Crippen molar-refractivity contribution in [2.24, 2.45) is 5.14 Å². The van der Waals surface area contributed by atoms with E-state index in [1.165, 1.54) is 0 Å². The third kappa shape index (κ3) is 3.73. The number of hydrogen-bond donors (Lipinski definition) is 2. The van der Waals surface area contributed by atoms with E-state index in [-0.39, 0.29) is 0 Å². The number of alkyl halides is 1. The van der Waals surface area contributed by atoms with Crippen molar-refractivity contribution in [3.05, 3.63) is 35.9 Å². The molecule has 0 aliphatic heterocycles. The van der Waals surface area contributed by atoms with Gasteiger partial charge >= 0.3 is 0 Å². The smallest absolute Gasteiger partial charge is 0.216 e. The van der Waals surface area contributed by atoms with E-state index in [1.807, 2.05) is 6.07 Å². The number of halogens is 1. The van der Waals surface area contributed by atoms with Crippen molar-refractivity contribution < 1.29 is 8.42 Å². The summed E-state index contributed by atoms with van der Waals surface area (Å²) in [6.45, 7) is 0. The standard InChI is InChI=1S/C7H9ClN2O2S/c8-7(10-13(9,11)12)6-4-2-1-3-5-6/h1-5,7,10H,(H2,9,11,12). The van der Waals surface area contributed by atoms with Crippen LogP contribution in [-0.2, 0) is 10.2 Å². The summed E-state index contributed by atoms with van der Waals surface area (Å²) in [5.74, 6) is 0. The molecule has 0 saturated carbocycles. The summed E-state index contributed by atoms with van der Waals surface area (Å²) in [7, 11) is -3.75. The summed E-state index contributed by atoms with van der Waals surface area (Å²) < 4.78 is 23.2. The molecule has 0 radical (unpaired) electrons. The molecule has 4 nitrogen and oxygen atoms in total. The fraction of sp³-hybridized carbons (Fsp3) is 0.143. The Morgan fingerprint density at radius 1 is 1.31 bits per heavy atom. The lowest BCUT2D eigenvalue weighted by atomic mass is 10.2. The lowest BCUT2D eigenvalue weighted by Gasteiger charge is -2.09. The van der Waals surface area contributed by atoms with Gasteiger partial charge in [0.15, 0.2) is 0 Å². The topological polar surface area (TPSA) is 72.2 Å². The van der Waals surface area contributed by atoms with Crippen LogP contribution in [0, 0.1) is 0 Å². The fourth-order valence-corrected chi connectivity index (χ4v) is 1.78. The minimum absolute atomic E-state index is 0.651. The molecule has 0 heterocycles. The Balaban J connectivity index is 2.76. The highest BCUT2D eigenvalue weighted by atomic mass is 35.5. The molecule has 6 heteroatoms. The number of rotatable bonds is 3. The van der Waals surface area contributed by atoms with Crippen LogP contribution in [0.3, 0.4) is 0 Å². The monoisotopic (exact) mass is 220 g/mol. The van der Waals surface area contributed by atoms with Gasteiger partial charge in [0.1, 0.15) is 5.50 Å². The summed E-state index contributed by atoms with van der Waals surface area (Å²) in [4.78, 5) is 0. The molecule has 1 atom stereocenters. The molecule has 0 bridgehead atoms. The molecule has 0 spiro atoms. The third-order valence-corrected chi connectivity index (χ3v) is 2.41. The quantitative estimate of drug-likeness (QED) is 0.582. The first-order valence-corrected chi connectivity index (χ1v) is 5.46. The van der Waals surface area contributed by atoms with Crippen LogP contribution in [0.25, 0.3) is 0 Å². The van der Waals surface area contributed by atoms with Gasteiger partial charge in [-0.15, -0.1) is 0 Å².